The van der Waals surface area contributed by atoms with E-state index >= 15 is 0 Å². The van der Waals surface area contributed by atoms with Gasteiger partial charge in [0.2, 0.25) is 5.91 Å². The average Bonchev–Trinajstić information content (AvgIpc) is 2.76. The van der Waals surface area contributed by atoms with Crippen molar-refractivity contribution in [3.63, 3.8) is 0 Å². The Balaban J connectivity index is 1.64. The SMILES string of the molecule is C=CCN(C(=O)CNc1cccc(C(=O)N2CCOCC2)c1)c1ccccc1. The lowest BCUT2D eigenvalue weighted by Crippen LogP contribution is -2.40. The van der Waals surface area contributed by atoms with Crippen LogP contribution in [0.15, 0.2) is 67.3 Å². The molecule has 3 rings (SSSR count). The summed E-state index contributed by atoms with van der Waals surface area (Å²) < 4.78 is 5.30. The van der Waals surface area contributed by atoms with Crippen LogP contribution >= 0.6 is 0 Å². The van der Waals surface area contributed by atoms with E-state index in [-0.39, 0.29) is 18.4 Å². The number of morpholine rings is 1. The molecule has 6 nitrogen and oxygen atoms in total. The second-order valence-corrected chi connectivity index (χ2v) is 6.47. The Morgan fingerprint density at radius 1 is 1.11 bits per heavy atom. The van der Waals surface area contributed by atoms with Crippen LogP contribution in [-0.4, -0.2) is 56.1 Å². The first-order valence-electron chi connectivity index (χ1n) is 9.36. The van der Waals surface area contributed by atoms with Crippen molar-refractivity contribution in [2.45, 2.75) is 0 Å². The maximum Gasteiger partial charge on any atom is 0.254 e. The zero-order chi connectivity index (χ0) is 19.8. The third-order valence-corrected chi connectivity index (χ3v) is 4.53. The summed E-state index contributed by atoms with van der Waals surface area (Å²) >= 11 is 0. The van der Waals surface area contributed by atoms with Crippen molar-refractivity contribution in [3.05, 3.63) is 72.8 Å². The van der Waals surface area contributed by atoms with Crippen LogP contribution < -0.4 is 10.2 Å². The van der Waals surface area contributed by atoms with Crippen molar-refractivity contribution in [2.75, 3.05) is 49.6 Å². The Morgan fingerprint density at radius 3 is 2.57 bits per heavy atom. The molecule has 2 aromatic carbocycles. The second kappa shape index (κ2) is 9.71. The number of ether oxygens (including phenoxy) is 1. The Labute approximate surface area is 165 Å². The summed E-state index contributed by atoms with van der Waals surface area (Å²) in [6.45, 7) is 6.62. The molecule has 0 spiro atoms. The average molecular weight is 379 g/mol. The summed E-state index contributed by atoms with van der Waals surface area (Å²) in [6.07, 6.45) is 1.70. The highest BCUT2D eigenvalue weighted by molar-refractivity contribution is 5.97. The van der Waals surface area contributed by atoms with Crippen molar-refractivity contribution in [1.82, 2.24) is 4.90 Å². The second-order valence-electron chi connectivity index (χ2n) is 6.47. The minimum atomic E-state index is -0.0731. The lowest BCUT2D eigenvalue weighted by atomic mass is 10.1. The smallest absolute Gasteiger partial charge is 0.254 e. The van der Waals surface area contributed by atoms with Gasteiger partial charge in [0.05, 0.1) is 19.8 Å². The number of para-hydroxylation sites is 1. The molecule has 2 aromatic rings. The standard InChI is InChI=1S/C22H25N3O3/c1-2-11-25(20-9-4-3-5-10-20)21(26)17-23-19-8-6-7-18(16-19)22(27)24-12-14-28-15-13-24/h2-10,16,23H,1,11-15,17H2. The van der Waals surface area contributed by atoms with E-state index in [0.29, 0.717) is 38.4 Å². The number of hydrogen-bond acceptors (Lipinski definition) is 4. The number of amides is 2. The molecule has 1 aliphatic heterocycles. The van der Waals surface area contributed by atoms with Crippen LogP contribution in [0.25, 0.3) is 0 Å². The van der Waals surface area contributed by atoms with Gasteiger partial charge in [-0.1, -0.05) is 30.3 Å². The van der Waals surface area contributed by atoms with Gasteiger partial charge in [0.1, 0.15) is 0 Å². The van der Waals surface area contributed by atoms with Crippen LogP contribution in [-0.2, 0) is 9.53 Å². The van der Waals surface area contributed by atoms with Gasteiger partial charge in [-0.25, -0.2) is 0 Å². The molecule has 1 aliphatic rings. The molecular weight excluding hydrogens is 354 g/mol. The van der Waals surface area contributed by atoms with Crippen molar-refractivity contribution in [2.24, 2.45) is 0 Å². The first kappa shape index (κ1) is 19.6. The molecule has 6 heteroatoms. The zero-order valence-corrected chi connectivity index (χ0v) is 15.8. The molecule has 28 heavy (non-hydrogen) atoms. The minimum Gasteiger partial charge on any atom is -0.378 e. The van der Waals surface area contributed by atoms with E-state index in [4.69, 9.17) is 4.74 Å². The predicted octanol–water partition coefficient (Wildman–Crippen LogP) is 2.79. The van der Waals surface area contributed by atoms with Gasteiger partial charge >= 0.3 is 0 Å². The summed E-state index contributed by atoms with van der Waals surface area (Å²) in [5.41, 5.74) is 2.16. The van der Waals surface area contributed by atoms with Gasteiger partial charge in [-0.2, -0.15) is 0 Å². The number of nitrogens with zero attached hydrogens (tertiary/aromatic N) is 2. The number of anilines is 2. The Kier molecular flexibility index (Phi) is 6.81. The predicted molar refractivity (Wildman–Crippen MR) is 111 cm³/mol. The molecular formula is C22H25N3O3. The summed E-state index contributed by atoms with van der Waals surface area (Å²) in [6, 6.07) is 16.7. The number of rotatable bonds is 7. The highest BCUT2D eigenvalue weighted by atomic mass is 16.5. The van der Waals surface area contributed by atoms with Crippen molar-refractivity contribution in [3.8, 4) is 0 Å². The van der Waals surface area contributed by atoms with Crippen molar-refractivity contribution >= 4 is 23.2 Å². The molecule has 1 N–H and O–H groups in total. The lowest BCUT2D eigenvalue weighted by Gasteiger charge is -2.27. The van der Waals surface area contributed by atoms with Crippen LogP contribution in [0, 0.1) is 0 Å². The highest BCUT2D eigenvalue weighted by Gasteiger charge is 2.19. The maximum absolute atomic E-state index is 12.7. The molecule has 0 radical (unpaired) electrons. The third-order valence-electron chi connectivity index (χ3n) is 4.53. The van der Waals surface area contributed by atoms with Gasteiger partial charge in [-0.05, 0) is 30.3 Å². The Bertz CT molecular complexity index is 817. The molecule has 146 valence electrons. The van der Waals surface area contributed by atoms with Gasteiger partial charge in [-0.15, -0.1) is 6.58 Å². The van der Waals surface area contributed by atoms with Crippen molar-refractivity contribution < 1.29 is 14.3 Å². The van der Waals surface area contributed by atoms with Gasteiger partial charge in [0.25, 0.3) is 5.91 Å². The van der Waals surface area contributed by atoms with Crippen LogP contribution in [0.5, 0.6) is 0 Å². The van der Waals surface area contributed by atoms with Gasteiger partial charge < -0.3 is 19.9 Å². The lowest BCUT2D eigenvalue weighted by molar-refractivity contribution is -0.116. The molecule has 1 saturated heterocycles. The summed E-state index contributed by atoms with van der Waals surface area (Å²) in [4.78, 5) is 28.8. The van der Waals surface area contributed by atoms with E-state index in [0.717, 1.165) is 11.4 Å². The van der Waals surface area contributed by atoms with Crippen LogP contribution in [0.1, 0.15) is 10.4 Å². The first-order chi connectivity index (χ1) is 13.7. The van der Waals surface area contributed by atoms with Gasteiger partial charge in [0.15, 0.2) is 0 Å². The quantitative estimate of drug-likeness (QED) is 0.752. The van der Waals surface area contributed by atoms with Crippen LogP contribution in [0.2, 0.25) is 0 Å². The van der Waals surface area contributed by atoms with E-state index in [2.05, 4.69) is 11.9 Å². The zero-order valence-electron chi connectivity index (χ0n) is 15.8. The molecule has 0 bridgehead atoms. The molecule has 0 aromatic heterocycles. The molecule has 0 aliphatic carbocycles. The topological polar surface area (TPSA) is 61.9 Å². The third kappa shape index (κ3) is 4.98. The van der Waals surface area contributed by atoms with E-state index < -0.39 is 0 Å². The monoisotopic (exact) mass is 379 g/mol. The normalized spacial score (nSPS) is 13.6. The molecule has 0 unspecified atom stereocenters. The minimum absolute atomic E-state index is 0.0177. The number of carbonyl (C=O) groups excluding carboxylic acids is 2. The van der Waals surface area contributed by atoms with E-state index in [1.165, 1.54) is 0 Å². The van der Waals surface area contributed by atoms with Gasteiger partial charge in [0, 0.05) is 36.6 Å². The summed E-state index contributed by atoms with van der Waals surface area (Å²) in [5, 5.41) is 3.13. The number of hydrogen-bond donors (Lipinski definition) is 1. The highest BCUT2D eigenvalue weighted by Crippen LogP contribution is 2.16. The van der Waals surface area contributed by atoms with E-state index in [1.54, 1.807) is 28.0 Å². The Morgan fingerprint density at radius 2 is 1.86 bits per heavy atom. The summed E-state index contributed by atoms with van der Waals surface area (Å²) in [7, 11) is 0. The molecule has 1 heterocycles. The maximum atomic E-state index is 12.7. The number of nitrogens with one attached hydrogen (secondary N) is 1. The number of benzene rings is 2. The first-order valence-corrected chi connectivity index (χ1v) is 9.36. The van der Waals surface area contributed by atoms with Crippen LogP contribution in [0.4, 0.5) is 11.4 Å². The molecule has 0 atom stereocenters. The van der Waals surface area contributed by atoms with Gasteiger partial charge in [-0.3, -0.25) is 9.59 Å². The molecule has 1 fully saturated rings. The van der Waals surface area contributed by atoms with Crippen LogP contribution in [0.3, 0.4) is 0 Å². The largest absolute Gasteiger partial charge is 0.378 e. The Hall–Kier alpha value is -3.12. The van der Waals surface area contributed by atoms with Crippen molar-refractivity contribution in [1.29, 1.82) is 0 Å². The molecule has 2 amide bonds. The van der Waals surface area contributed by atoms with E-state index in [1.807, 2.05) is 42.5 Å². The molecule has 0 saturated carbocycles. The fourth-order valence-electron chi connectivity index (χ4n) is 3.07. The fourth-order valence-corrected chi connectivity index (χ4v) is 3.07. The number of carbonyl (C=O) groups is 2. The fraction of sp³-hybridized carbons (Fsp3) is 0.273. The summed E-state index contributed by atoms with van der Waals surface area (Å²) in [5.74, 6) is -0.0909. The van der Waals surface area contributed by atoms with E-state index in [9.17, 15) is 9.59 Å².